The molecule has 17 heavy (non-hydrogen) atoms. The molecule has 0 aliphatic heterocycles. The first-order valence-electron chi connectivity index (χ1n) is 5.26. The molecular formula is C12H16O5. The molecule has 94 valence electrons. The second-order valence-electron chi connectivity index (χ2n) is 3.64. The number of ether oxygens (including phenoxy) is 1. The van der Waals surface area contributed by atoms with E-state index in [1.165, 1.54) is 0 Å². The van der Waals surface area contributed by atoms with E-state index in [2.05, 4.69) is 0 Å². The van der Waals surface area contributed by atoms with E-state index in [0.717, 1.165) is 5.56 Å². The molecule has 0 aliphatic carbocycles. The molecular weight excluding hydrogens is 224 g/mol. The first-order chi connectivity index (χ1) is 8.15. The van der Waals surface area contributed by atoms with Crippen molar-refractivity contribution < 1.29 is 24.9 Å². The van der Waals surface area contributed by atoms with Crippen LogP contribution >= 0.6 is 0 Å². The normalized spacial score (nSPS) is 14.3. The predicted molar refractivity (Wildman–Crippen MR) is 60.2 cm³/mol. The van der Waals surface area contributed by atoms with Crippen molar-refractivity contribution in [1.29, 1.82) is 0 Å². The maximum absolute atomic E-state index is 10.9. The Morgan fingerprint density at radius 3 is 2.47 bits per heavy atom. The summed E-state index contributed by atoms with van der Waals surface area (Å²) in [5, 5.41) is 27.1. The van der Waals surface area contributed by atoms with Gasteiger partial charge in [0, 0.05) is 0 Å². The van der Waals surface area contributed by atoms with Crippen LogP contribution in [0.25, 0.3) is 0 Å². The van der Waals surface area contributed by atoms with E-state index in [9.17, 15) is 15.0 Å². The van der Waals surface area contributed by atoms with E-state index in [0.29, 0.717) is 0 Å². The second kappa shape index (κ2) is 7.13. The smallest absolute Gasteiger partial charge is 0.189 e. The number of aliphatic hydroxyl groups is 3. The highest BCUT2D eigenvalue weighted by atomic mass is 16.5. The summed E-state index contributed by atoms with van der Waals surface area (Å²) in [6.07, 6.45) is -2.92. The predicted octanol–water partition coefficient (Wildman–Crippen LogP) is -0.514. The summed E-state index contributed by atoms with van der Waals surface area (Å²) in [5.41, 5.74) is 0.933. The van der Waals surface area contributed by atoms with Crippen LogP contribution in [0.5, 0.6) is 0 Å². The number of hydrogen-bond acceptors (Lipinski definition) is 5. The number of carbonyl (C=O) groups excluding carboxylic acids is 1. The number of benzene rings is 1. The van der Waals surface area contributed by atoms with Gasteiger partial charge in [-0.05, 0) is 5.56 Å². The van der Waals surface area contributed by atoms with Crippen molar-refractivity contribution in [3.8, 4) is 0 Å². The topological polar surface area (TPSA) is 87.0 Å². The molecule has 0 saturated carbocycles. The fourth-order valence-corrected chi connectivity index (χ4v) is 1.27. The van der Waals surface area contributed by atoms with Gasteiger partial charge in [0.15, 0.2) is 5.78 Å². The van der Waals surface area contributed by atoms with Crippen LogP contribution in [-0.4, -0.2) is 46.5 Å². The zero-order chi connectivity index (χ0) is 12.7. The van der Waals surface area contributed by atoms with Gasteiger partial charge < -0.3 is 20.1 Å². The van der Waals surface area contributed by atoms with Gasteiger partial charge in [0.05, 0.1) is 13.2 Å². The van der Waals surface area contributed by atoms with Crippen LogP contribution < -0.4 is 0 Å². The van der Waals surface area contributed by atoms with Gasteiger partial charge >= 0.3 is 0 Å². The Balaban J connectivity index is 2.29. The number of hydrogen-bond donors (Lipinski definition) is 3. The average molecular weight is 240 g/mol. The lowest BCUT2D eigenvalue weighted by Gasteiger charge is -2.15. The Kier molecular flexibility index (Phi) is 5.79. The number of ketones is 1. The van der Waals surface area contributed by atoms with Crippen LogP contribution in [0.1, 0.15) is 5.56 Å². The van der Waals surface area contributed by atoms with Crippen molar-refractivity contribution in [2.24, 2.45) is 0 Å². The van der Waals surface area contributed by atoms with E-state index in [4.69, 9.17) is 9.84 Å². The Morgan fingerprint density at radius 2 is 1.88 bits per heavy atom. The molecule has 3 N–H and O–H groups in total. The summed E-state index contributed by atoms with van der Waals surface area (Å²) < 4.78 is 5.15. The first kappa shape index (κ1) is 13.8. The maximum atomic E-state index is 10.9. The highest BCUT2D eigenvalue weighted by Crippen LogP contribution is 2.02. The van der Waals surface area contributed by atoms with E-state index in [1.807, 2.05) is 30.3 Å². The van der Waals surface area contributed by atoms with Crippen molar-refractivity contribution in [3.05, 3.63) is 35.9 Å². The number of rotatable bonds is 7. The third-order valence-corrected chi connectivity index (χ3v) is 2.25. The van der Waals surface area contributed by atoms with Gasteiger partial charge in [0.2, 0.25) is 0 Å². The molecule has 0 amide bonds. The molecule has 1 rings (SSSR count). The van der Waals surface area contributed by atoms with Gasteiger partial charge in [0.25, 0.3) is 0 Å². The van der Waals surface area contributed by atoms with Crippen LogP contribution in [0.15, 0.2) is 30.3 Å². The summed E-state index contributed by atoms with van der Waals surface area (Å²) in [6, 6.07) is 9.32. The van der Waals surface area contributed by atoms with E-state index in [-0.39, 0.29) is 13.2 Å². The largest absolute Gasteiger partial charge is 0.388 e. The molecule has 1 aromatic rings. The van der Waals surface area contributed by atoms with Crippen LogP contribution in [0.4, 0.5) is 0 Å². The standard InChI is InChI=1S/C12H16O5/c13-6-10(14)12(16)11(15)8-17-7-9-4-2-1-3-5-9/h1-5,11-13,15-16H,6-8H2. The molecule has 2 atom stereocenters. The van der Waals surface area contributed by atoms with Crippen molar-refractivity contribution in [2.75, 3.05) is 13.2 Å². The lowest BCUT2D eigenvalue weighted by atomic mass is 10.1. The Morgan fingerprint density at radius 1 is 1.24 bits per heavy atom. The van der Waals surface area contributed by atoms with E-state index in [1.54, 1.807) is 0 Å². The fourth-order valence-electron chi connectivity index (χ4n) is 1.27. The van der Waals surface area contributed by atoms with Crippen molar-refractivity contribution in [1.82, 2.24) is 0 Å². The lowest BCUT2D eigenvalue weighted by molar-refractivity contribution is -0.138. The molecule has 0 radical (unpaired) electrons. The van der Waals surface area contributed by atoms with Crippen LogP contribution in [0.2, 0.25) is 0 Å². The summed E-state index contributed by atoms with van der Waals surface area (Å²) in [7, 11) is 0. The first-order valence-corrected chi connectivity index (χ1v) is 5.26. The Labute approximate surface area is 99.3 Å². The number of aliphatic hydroxyl groups excluding tert-OH is 3. The highest BCUT2D eigenvalue weighted by Gasteiger charge is 2.23. The Bertz CT molecular complexity index is 338. The molecule has 0 aliphatic rings. The van der Waals surface area contributed by atoms with Gasteiger partial charge in [0.1, 0.15) is 18.8 Å². The SMILES string of the molecule is O=C(CO)C(O)C(O)COCc1ccccc1. The van der Waals surface area contributed by atoms with Gasteiger partial charge in [-0.2, -0.15) is 0 Å². The quantitative estimate of drug-likeness (QED) is 0.597. The van der Waals surface area contributed by atoms with E-state index >= 15 is 0 Å². The molecule has 0 fully saturated rings. The van der Waals surface area contributed by atoms with Crippen LogP contribution in [0, 0.1) is 0 Å². The van der Waals surface area contributed by atoms with Crippen LogP contribution in [-0.2, 0) is 16.1 Å². The number of Topliss-reactive ketones (excluding diaryl/α,β-unsaturated/α-hetero) is 1. The van der Waals surface area contributed by atoms with E-state index < -0.39 is 24.6 Å². The van der Waals surface area contributed by atoms with Crippen LogP contribution in [0.3, 0.4) is 0 Å². The van der Waals surface area contributed by atoms with Gasteiger partial charge in [-0.3, -0.25) is 4.79 Å². The lowest BCUT2D eigenvalue weighted by Crippen LogP contribution is -2.38. The molecule has 1 aromatic carbocycles. The molecule has 0 aromatic heterocycles. The molecule has 0 bridgehead atoms. The number of carbonyl (C=O) groups is 1. The van der Waals surface area contributed by atoms with Crippen molar-refractivity contribution in [2.45, 2.75) is 18.8 Å². The van der Waals surface area contributed by atoms with Gasteiger partial charge in [-0.15, -0.1) is 0 Å². The summed E-state index contributed by atoms with van der Waals surface area (Å²) in [4.78, 5) is 10.9. The zero-order valence-electron chi connectivity index (χ0n) is 9.32. The zero-order valence-corrected chi connectivity index (χ0v) is 9.32. The average Bonchev–Trinajstić information content (AvgIpc) is 2.38. The van der Waals surface area contributed by atoms with Gasteiger partial charge in [-0.1, -0.05) is 30.3 Å². The monoisotopic (exact) mass is 240 g/mol. The summed E-state index contributed by atoms with van der Waals surface area (Å²) in [6.45, 7) is -0.670. The fraction of sp³-hybridized carbons (Fsp3) is 0.417. The molecule has 5 nitrogen and oxygen atoms in total. The minimum absolute atomic E-state index is 0.165. The maximum Gasteiger partial charge on any atom is 0.189 e. The molecule has 5 heteroatoms. The van der Waals surface area contributed by atoms with Gasteiger partial charge in [-0.25, -0.2) is 0 Å². The third kappa shape index (κ3) is 4.62. The molecule has 2 unspecified atom stereocenters. The summed E-state index contributed by atoms with van der Waals surface area (Å²) in [5.74, 6) is -0.819. The minimum Gasteiger partial charge on any atom is -0.388 e. The second-order valence-corrected chi connectivity index (χ2v) is 3.64. The minimum atomic E-state index is -1.60. The molecule has 0 saturated heterocycles. The van der Waals surface area contributed by atoms with Crippen molar-refractivity contribution >= 4 is 5.78 Å². The molecule has 0 spiro atoms. The highest BCUT2D eigenvalue weighted by molar-refractivity contribution is 5.84. The van der Waals surface area contributed by atoms with Crippen molar-refractivity contribution in [3.63, 3.8) is 0 Å². The molecule has 0 heterocycles. The Hall–Kier alpha value is -1.27. The third-order valence-electron chi connectivity index (χ3n) is 2.25. The summed E-state index contributed by atoms with van der Waals surface area (Å²) >= 11 is 0.